The van der Waals surface area contributed by atoms with Crippen LogP contribution >= 0.6 is 11.8 Å². The Morgan fingerprint density at radius 1 is 1.00 bits per heavy atom. The summed E-state index contributed by atoms with van der Waals surface area (Å²) >= 11 is 0.874. The summed E-state index contributed by atoms with van der Waals surface area (Å²) in [4.78, 5) is 42.1. The van der Waals surface area contributed by atoms with Gasteiger partial charge in [0.15, 0.2) is 0 Å². The summed E-state index contributed by atoms with van der Waals surface area (Å²) in [6, 6.07) is 12.6. The SMILES string of the molecule is CC(C)N1CCN(c2ccc(-c3ncnc4ccc(C=C5SC(=O)NC5=O)nc34)cc2)CC1. The standard InChI is InChI=1S/C24H24N6O2S/c1-15(2)29-9-11-30(12-10-29)18-6-3-16(4-7-18)21-22-19(25-14-26-21)8-5-17(27-22)13-20-23(31)28-24(32)33-20/h3-8,13-15H,9-12H2,1-2H3,(H,28,31,32). The molecule has 2 aliphatic rings. The lowest BCUT2D eigenvalue weighted by molar-refractivity contribution is -0.115. The van der Waals surface area contributed by atoms with Gasteiger partial charge < -0.3 is 4.90 Å². The number of thioether (sulfide) groups is 1. The van der Waals surface area contributed by atoms with E-state index in [1.807, 2.05) is 6.07 Å². The molecule has 2 saturated heterocycles. The van der Waals surface area contributed by atoms with Gasteiger partial charge in [-0.3, -0.25) is 19.8 Å². The predicted molar refractivity (Wildman–Crippen MR) is 131 cm³/mol. The predicted octanol–water partition coefficient (Wildman–Crippen LogP) is 3.55. The van der Waals surface area contributed by atoms with E-state index in [0.29, 0.717) is 22.2 Å². The van der Waals surface area contributed by atoms with Gasteiger partial charge in [-0.05, 0) is 56.0 Å². The second-order valence-corrected chi connectivity index (χ2v) is 9.36. The Balaban J connectivity index is 1.42. The van der Waals surface area contributed by atoms with Gasteiger partial charge in [0, 0.05) is 43.5 Å². The number of hydrogen-bond donors (Lipinski definition) is 1. The zero-order valence-corrected chi connectivity index (χ0v) is 19.3. The maximum absolute atomic E-state index is 11.9. The number of fused-ring (bicyclic) bond motifs is 1. The Kier molecular flexibility index (Phi) is 5.82. The number of nitrogens with one attached hydrogen (secondary N) is 1. The monoisotopic (exact) mass is 460 g/mol. The quantitative estimate of drug-likeness (QED) is 0.591. The number of pyridine rings is 1. The second-order valence-electron chi connectivity index (χ2n) is 8.34. The van der Waals surface area contributed by atoms with Crippen molar-refractivity contribution >= 4 is 45.7 Å². The van der Waals surface area contributed by atoms with E-state index in [4.69, 9.17) is 0 Å². The molecule has 2 fully saturated rings. The zero-order valence-electron chi connectivity index (χ0n) is 18.5. The molecule has 0 unspecified atom stereocenters. The minimum atomic E-state index is -0.402. The summed E-state index contributed by atoms with van der Waals surface area (Å²) in [6.45, 7) is 8.66. The molecule has 2 amide bonds. The molecule has 2 aromatic heterocycles. The Morgan fingerprint density at radius 3 is 2.42 bits per heavy atom. The van der Waals surface area contributed by atoms with E-state index >= 15 is 0 Å². The van der Waals surface area contributed by atoms with Crippen LogP contribution in [0.15, 0.2) is 47.6 Å². The minimum absolute atomic E-state index is 0.326. The number of nitrogens with zero attached hydrogens (tertiary/aromatic N) is 5. The van der Waals surface area contributed by atoms with Crippen LogP contribution in [-0.4, -0.2) is 63.2 Å². The van der Waals surface area contributed by atoms with Gasteiger partial charge >= 0.3 is 0 Å². The van der Waals surface area contributed by atoms with Crippen molar-refractivity contribution in [2.24, 2.45) is 0 Å². The smallest absolute Gasteiger partial charge is 0.290 e. The molecule has 1 aromatic carbocycles. The molecule has 1 N–H and O–H groups in total. The van der Waals surface area contributed by atoms with Crippen molar-refractivity contribution in [3.05, 3.63) is 53.3 Å². The number of aromatic nitrogens is 3. The lowest BCUT2D eigenvalue weighted by atomic mass is 10.1. The molecule has 8 nitrogen and oxygen atoms in total. The third kappa shape index (κ3) is 4.46. The second kappa shape index (κ2) is 8.92. The average Bonchev–Trinajstić information content (AvgIpc) is 3.15. The molecule has 0 aliphatic carbocycles. The fraction of sp³-hybridized carbons (Fsp3) is 0.292. The van der Waals surface area contributed by atoms with Gasteiger partial charge in [0.05, 0.1) is 21.8 Å². The molecule has 0 spiro atoms. The lowest BCUT2D eigenvalue weighted by Gasteiger charge is -2.38. The van der Waals surface area contributed by atoms with Gasteiger partial charge in [-0.25, -0.2) is 15.0 Å². The summed E-state index contributed by atoms with van der Waals surface area (Å²) in [5.41, 5.74) is 4.83. The van der Waals surface area contributed by atoms with Crippen LogP contribution in [-0.2, 0) is 4.79 Å². The topological polar surface area (TPSA) is 91.3 Å². The molecule has 0 bridgehead atoms. The van der Waals surface area contributed by atoms with E-state index in [9.17, 15) is 9.59 Å². The molecule has 0 atom stereocenters. The van der Waals surface area contributed by atoms with Gasteiger partial charge in [0.25, 0.3) is 11.1 Å². The van der Waals surface area contributed by atoms with E-state index in [2.05, 4.69) is 68.2 Å². The highest BCUT2D eigenvalue weighted by Gasteiger charge is 2.25. The Labute approximate surface area is 196 Å². The number of carbonyl (C=O) groups is 2. The number of benzene rings is 1. The van der Waals surface area contributed by atoms with E-state index in [1.165, 1.54) is 12.0 Å². The normalized spacial score (nSPS) is 18.5. The first kappa shape index (κ1) is 21.5. The fourth-order valence-electron chi connectivity index (χ4n) is 4.13. The van der Waals surface area contributed by atoms with E-state index < -0.39 is 5.91 Å². The number of piperazine rings is 1. The first-order valence-electron chi connectivity index (χ1n) is 10.9. The summed E-state index contributed by atoms with van der Waals surface area (Å²) in [7, 11) is 0. The number of carbonyl (C=O) groups excluding carboxylic acids is 2. The Morgan fingerprint density at radius 2 is 1.76 bits per heavy atom. The molecule has 33 heavy (non-hydrogen) atoms. The van der Waals surface area contributed by atoms with Crippen molar-refractivity contribution < 1.29 is 9.59 Å². The number of anilines is 1. The maximum Gasteiger partial charge on any atom is 0.290 e. The Bertz CT molecular complexity index is 1250. The van der Waals surface area contributed by atoms with E-state index in [-0.39, 0.29) is 5.24 Å². The molecule has 0 radical (unpaired) electrons. The molecule has 9 heteroatoms. The molecule has 3 aromatic rings. The highest BCUT2D eigenvalue weighted by Crippen LogP contribution is 2.29. The molecular weight excluding hydrogens is 436 g/mol. The highest BCUT2D eigenvalue weighted by molar-refractivity contribution is 8.18. The Hall–Kier alpha value is -3.30. The molecule has 168 valence electrons. The molecular formula is C24H24N6O2S. The van der Waals surface area contributed by atoms with Gasteiger partial charge in [-0.15, -0.1) is 0 Å². The summed E-state index contributed by atoms with van der Waals surface area (Å²) < 4.78 is 0. The highest BCUT2D eigenvalue weighted by atomic mass is 32.2. The number of amides is 2. The number of rotatable bonds is 4. The first-order valence-corrected chi connectivity index (χ1v) is 11.8. The third-order valence-electron chi connectivity index (χ3n) is 5.97. The minimum Gasteiger partial charge on any atom is -0.369 e. The van der Waals surface area contributed by atoms with Crippen LogP contribution in [0.3, 0.4) is 0 Å². The summed E-state index contributed by atoms with van der Waals surface area (Å²) in [5, 5.41) is 1.89. The lowest BCUT2D eigenvalue weighted by Crippen LogP contribution is -2.48. The largest absolute Gasteiger partial charge is 0.369 e. The van der Waals surface area contributed by atoms with Crippen LogP contribution in [0.4, 0.5) is 10.5 Å². The van der Waals surface area contributed by atoms with Crippen molar-refractivity contribution in [1.29, 1.82) is 0 Å². The van der Waals surface area contributed by atoms with E-state index in [0.717, 1.165) is 54.7 Å². The van der Waals surface area contributed by atoms with Crippen LogP contribution in [0.2, 0.25) is 0 Å². The van der Waals surface area contributed by atoms with Crippen molar-refractivity contribution in [2.45, 2.75) is 19.9 Å². The van der Waals surface area contributed by atoms with E-state index in [1.54, 1.807) is 12.1 Å². The fourth-order valence-corrected chi connectivity index (χ4v) is 4.80. The van der Waals surface area contributed by atoms with Gasteiger partial charge in [0.2, 0.25) is 0 Å². The van der Waals surface area contributed by atoms with Crippen molar-refractivity contribution in [3.8, 4) is 11.3 Å². The summed E-state index contributed by atoms with van der Waals surface area (Å²) in [5.74, 6) is -0.402. The van der Waals surface area contributed by atoms with Crippen LogP contribution in [0.1, 0.15) is 19.5 Å². The van der Waals surface area contributed by atoms with Gasteiger partial charge in [-0.1, -0.05) is 12.1 Å². The third-order valence-corrected chi connectivity index (χ3v) is 6.79. The molecule has 0 saturated carbocycles. The van der Waals surface area contributed by atoms with Crippen LogP contribution < -0.4 is 10.2 Å². The maximum atomic E-state index is 11.9. The molecule has 5 rings (SSSR count). The van der Waals surface area contributed by atoms with Crippen molar-refractivity contribution in [1.82, 2.24) is 25.2 Å². The summed E-state index contributed by atoms with van der Waals surface area (Å²) in [6.07, 6.45) is 3.15. The number of imide groups is 1. The van der Waals surface area contributed by atoms with Crippen molar-refractivity contribution in [3.63, 3.8) is 0 Å². The van der Waals surface area contributed by atoms with Crippen molar-refractivity contribution in [2.75, 3.05) is 31.1 Å². The van der Waals surface area contributed by atoms with Crippen LogP contribution in [0.5, 0.6) is 0 Å². The first-order chi connectivity index (χ1) is 16.0. The molecule has 4 heterocycles. The zero-order chi connectivity index (χ0) is 22.9. The molecule has 2 aliphatic heterocycles. The van der Waals surface area contributed by atoms with Gasteiger partial charge in [-0.2, -0.15) is 0 Å². The number of hydrogen-bond acceptors (Lipinski definition) is 8. The van der Waals surface area contributed by atoms with Gasteiger partial charge in [0.1, 0.15) is 11.8 Å². The van der Waals surface area contributed by atoms with Crippen LogP contribution in [0, 0.1) is 0 Å². The average molecular weight is 461 g/mol. The van der Waals surface area contributed by atoms with Crippen LogP contribution in [0.25, 0.3) is 28.4 Å².